The first kappa shape index (κ1) is 20.0. The van der Waals surface area contributed by atoms with Crippen LogP contribution in [0.2, 0.25) is 0 Å². The number of esters is 1. The Kier molecular flexibility index (Phi) is 9.59. The summed E-state index contributed by atoms with van der Waals surface area (Å²) in [7, 11) is 0. The van der Waals surface area contributed by atoms with Crippen molar-refractivity contribution in [3.05, 3.63) is 55.1 Å². The van der Waals surface area contributed by atoms with Gasteiger partial charge in [-0.3, -0.25) is 0 Å². The number of carbonyl (C=O) groups excluding carboxylic acids is 1. The lowest BCUT2D eigenvalue weighted by Crippen LogP contribution is -2.26. The van der Waals surface area contributed by atoms with E-state index in [1.54, 1.807) is 0 Å². The molecular formula is C21H31NO2. The Balaban J connectivity index is 2.82. The average molecular weight is 329 g/mol. The summed E-state index contributed by atoms with van der Waals surface area (Å²) in [4.78, 5) is 14.6. The molecule has 0 amide bonds. The maximum Gasteiger partial charge on any atom is 0.340 e. The van der Waals surface area contributed by atoms with Crippen LogP contribution in [0.1, 0.15) is 49.9 Å². The first-order valence-corrected chi connectivity index (χ1v) is 8.90. The lowest BCUT2D eigenvalue weighted by molar-refractivity contribution is 0.0429. The first-order chi connectivity index (χ1) is 11.7. The zero-order chi connectivity index (χ0) is 17.8. The van der Waals surface area contributed by atoms with Gasteiger partial charge in [-0.2, -0.15) is 0 Å². The van der Waals surface area contributed by atoms with E-state index < -0.39 is 0 Å². The Morgan fingerprint density at radius 1 is 1.21 bits per heavy atom. The largest absolute Gasteiger partial charge is 0.462 e. The number of hydrogen-bond donors (Lipinski definition) is 0. The molecule has 0 fully saturated rings. The molecule has 0 heterocycles. The molecule has 0 aliphatic carbocycles. The molecule has 0 spiro atoms. The Morgan fingerprint density at radius 2 is 1.88 bits per heavy atom. The molecule has 1 aromatic carbocycles. The van der Waals surface area contributed by atoms with Crippen LogP contribution in [0.15, 0.2) is 49.6 Å². The molecule has 0 N–H and O–H groups in total. The van der Waals surface area contributed by atoms with Crippen LogP contribution >= 0.6 is 0 Å². The number of para-hydroxylation sites is 1. The molecule has 0 aliphatic heterocycles. The molecule has 0 aromatic heterocycles. The highest BCUT2D eigenvalue weighted by Crippen LogP contribution is 2.22. The van der Waals surface area contributed by atoms with E-state index in [4.69, 9.17) is 4.74 Å². The molecule has 0 aliphatic rings. The van der Waals surface area contributed by atoms with Crippen molar-refractivity contribution in [1.82, 2.24) is 0 Å². The number of benzene rings is 1. The van der Waals surface area contributed by atoms with E-state index in [0.29, 0.717) is 31.2 Å². The number of hydrogen-bond acceptors (Lipinski definition) is 3. The summed E-state index contributed by atoms with van der Waals surface area (Å²) in [5.74, 6) is 0.192. The van der Waals surface area contributed by atoms with E-state index in [2.05, 4.69) is 31.9 Å². The highest BCUT2D eigenvalue weighted by Gasteiger charge is 2.17. The molecule has 1 rings (SSSR count). The second-order valence-electron chi connectivity index (χ2n) is 6.01. The number of ether oxygens (including phenoxy) is 1. The van der Waals surface area contributed by atoms with Gasteiger partial charge >= 0.3 is 5.97 Å². The number of unbranched alkanes of at least 4 members (excludes halogenated alkanes) is 1. The summed E-state index contributed by atoms with van der Waals surface area (Å²) in [5, 5.41) is 0. The highest BCUT2D eigenvalue weighted by molar-refractivity contribution is 5.96. The van der Waals surface area contributed by atoms with Gasteiger partial charge in [-0.05, 0) is 24.5 Å². The Labute approximate surface area is 147 Å². The van der Waals surface area contributed by atoms with Crippen LogP contribution in [0, 0.1) is 5.92 Å². The molecule has 0 bridgehead atoms. The van der Waals surface area contributed by atoms with Gasteiger partial charge in [0, 0.05) is 13.1 Å². The second-order valence-corrected chi connectivity index (χ2v) is 6.01. The number of nitrogens with zero attached hydrogens (tertiary/aromatic N) is 1. The maximum atomic E-state index is 12.6. The summed E-state index contributed by atoms with van der Waals surface area (Å²) in [5.41, 5.74) is 1.47. The van der Waals surface area contributed by atoms with Crippen molar-refractivity contribution in [3.8, 4) is 0 Å². The third kappa shape index (κ3) is 6.23. The Morgan fingerprint density at radius 3 is 2.46 bits per heavy atom. The number of anilines is 1. The van der Waals surface area contributed by atoms with Gasteiger partial charge in [0.25, 0.3) is 0 Å². The number of carbonyl (C=O) groups is 1. The SMILES string of the molecule is C=CCN(CC=C)c1ccccc1C(=O)OCC(CC)CCCC. The predicted molar refractivity (Wildman–Crippen MR) is 103 cm³/mol. The quantitative estimate of drug-likeness (QED) is 0.388. The van der Waals surface area contributed by atoms with Crippen LogP contribution in [0.5, 0.6) is 0 Å². The van der Waals surface area contributed by atoms with E-state index in [0.717, 1.165) is 18.5 Å². The van der Waals surface area contributed by atoms with Crippen molar-refractivity contribution in [2.75, 3.05) is 24.6 Å². The summed E-state index contributed by atoms with van der Waals surface area (Å²) < 4.78 is 5.61. The third-order valence-corrected chi connectivity index (χ3v) is 4.16. The smallest absolute Gasteiger partial charge is 0.340 e. The van der Waals surface area contributed by atoms with Crippen molar-refractivity contribution >= 4 is 11.7 Å². The van der Waals surface area contributed by atoms with Crippen molar-refractivity contribution in [2.45, 2.75) is 39.5 Å². The topological polar surface area (TPSA) is 29.5 Å². The molecule has 1 unspecified atom stereocenters. The van der Waals surface area contributed by atoms with Crippen molar-refractivity contribution in [2.24, 2.45) is 5.92 Å². The predicted octanol–water partition coefficient (Wildman–Crippen LogP) is 5.24. The zero-order valence-electron chi connectivity index (χ0n) is 15.2. The monoisotopic (exact) mass is 329 g/mol. The molecular weight excluding hydrogens is 298 g/mol. The van der Waals surface area contributed by atoms with Crippen LogP contribution in [0.25, 0.3) is 0 Å². The molecule has 3 heteroatoms. The van der Waals surface area contributed by atoms with Gasteiger partial charge in [-0.15, -0.1) is 13.2 Å². The Bertz CT molecular complexity index is 514. The van der Waals surface area contributed by atoms with Gasteiger partial charge in [-0.1, -0.05) is 57.4 Å². The van der Waals surface area contributed by atoms with Crippen LogP contribution in [-0.4, -0.2) is 25.7 Å². The van der Waals surface area contributed by atoms with Crippen LogP contribution in [0.3, 0.4) is 0 Å². The molecule has 1 aromatic rings. The molecule has 1 atom stereocenters. The Hall–Kier alpha value is -2.03. The van der Waals surface area contributed by atoms with E-state index >= 15 is 0 Å². The average Bonchev–Trinajstić information content (AvgIpc) is 2.61. The lowest BCUT2D eigenvalue weighted by Gasteiger charge is -2.24. The van der Waals surface area contributed by atoms with Crippen LogP contribution in [0.4, 0.5) is 5.69 Å². The standard InChI is InChI=1S/C21H31NO2/c1-5-9-12-18(8-4)17-24-21(23)19-13-10-11-14-20(19)22(15-6-2)16-7-3/h6-7,10-11,13-14,18H,2-3,5,8-9,12,15-17H2,1,4H3. The third-order valence-electron chi connectivity index (χ3n) is 4.16. The molecule has 0 radical (unpaired) electrons. The molecule has 3 nitrogen and oxygen atoms in total. The minimum Gasteiger partial charge on any atom is -0.462 e. The van der Waals surface area contributed by atoms with E-state index in [9.17, 15) is 4.79 Å². The van der Waals surface area contributed by atoms with Gasteiger partial charge < -0.3 is 9.64 Å². The van der Waals surface area contributed by atoms with Crippen molar-refractivity contribution in [3.63, 3.8) is 0 Å². The number of rotatable bonds is 12. The fraction of sp³-hybridized carbons (Fsp3) is 0.476. The van der Waals surface area contributed by atoms with Crippen LogP contribution < -0.4 is 4.90 Å². The van der Waals surface area contributed by atoms with E-state index in [-0.39, 0.29) is 5.97 Å². The van der Waals surface area contributed by atoms with Gasteiger partial charge in [0.1, 0.15) is 0 Å². The summed E-state index contributed by atoms with van der Waals surface area (Å²) in [6, 6.07) is 7.57. The summed E-state index contributed by atoms with van der Waals surface area (Å²) in [6.07, 6.45) is 8.15. The normalized spacial score (nSPS) is 11.6. The van der Waals surface area contributed by atoms with Gasteiger partial charge in [0.05, 0.1) is 17.9 Å². The van der Waals surface area contributed by atoms with E-state index in [1.807, 2.05) is 36.4 Å². The molecule has 0 saturated heterocycles. The zero-order valence-corrected chi connectivity index (χ0v) is 15.2. The lowest BCUT2D eigenvalue weighted by atomic mass is 10.0. The fourth-order valence-electron chi connectivity index (χ4n) is 2.67. The van der Waals surface area contributed by atoms with E-state index in [1.165, 1.54) is 12.8 Å². The van der Waals surface area contributed by atoms with Crippen molar-refractivity contribution < 1.29 is 9.53 Å². The minimum absolute atomic E-state index is 0.251. The van der Waals surface area contributed by atoms with Gasteiger partial charge in [-0.25, -0.2) is 4.79 Å². The molecule has 24 heavy (non-hydrogen) atoms. The molecule has 0 saturated carbocycles. The molecule has 132 valence electrons. The minimum atomic E-state index is -0.251. The highest BCUT2D eigenvalue weighted by atomic mass is 16.5. The second kappa shape index (κ2) is 11.5. The first-order valence-electron chi connectivity index (χ1n) is 8.90. The van der Waals surface area contributed by atoms with Crippen molar-refractivity contribution in [1.29, 1.82) is 0 Å². The summed E-state index contributed by atoms with van der Waals surface area (Å²) in [6.45, 7) is 13.7. The van der Waals surface area contributed by atoms with Gasteiger partial charge in [0.2, 0.25) is 0 Å². The maximum absolute atomic E-state index is 12.6. The fourth-order valence-corrected chi connectivity index (χ4v) is 2.67. The summed E-state index contributed by atoms with van der Waals surface area (Å²) >= 11 is 0. The van der Waals surface area contributed by atoms with Crippen LogP contribution in [-0.2, 0) is 4.74 Å². The van der Waals surface area contributed by atoms with Gasteiger partial charge in [0.15, 0.2) is 0 Å².